The molecule has 0 radical (unpaired) electrons. The zero-order valence-corrected chi connectivity index (χ0v) is 12.1. The molecule has 1 N–H and O–H groups in total. The van der Waals surface area contributed by atoms with E-state index >= 15 is 0 Å². The van der Waals surface area contributed by atoms with E-state index in [1.165, 1.54) is 36.3 Å². The molecule has 0 saturated heterocycles. The summed E-state index contributed by atoms with van der Waals surface area (Å²) in [5.74, 6) is -0.601. The van der Waals surface area contributed by atoms with Crippen molar-refractivity contribution in [2.24, 2.45) is 0 Å². The van der Waals surface area contributed by atoms with Gasteiger partial charge in [-0.1, -0.05) is 12.1 Å². The minimum absolute atomic E-state index is 0.0349. The monoisotopic (exact) mass is 313 g/mol. The highest BCUT2D eigenvalue weighted by atomic mass is 19.1. The number of methoxy groups -OCH3 is 1. The lowest BCUT2D eigenvalue weighted by molar-refractivity contribution is 0.102. The van der Waals surface area contributed by atoms with Crippen LogP contribution in [0.25, 0.3) is 5.69 Å². The number of anilines is 1. The lowest BCUT2D eigenvalue weighted by Gasteiger charge is -2.11. The summed E-state index contributed by atoms with van der Waals surface area (Å²) < 4.78 is 20.3. The summed E-state index contributed by atoms with van der Waals surface area (Å²) in [6.07, 6.45) is 1.40. The van der Waals surface area contributed by atoms with Gasteiger partial charge in [-0.2, -0.15) is 4.68 Å². The molecule has 1 amide bonds. The molecule has 0 spiro atoms. The number of benzene rings is 2. The summed E-state index contributed by atoms with van der Waals surface area (Å²) in [6.45, 7) is 0. The van der Waals surface area contributed by atoms with E-state index in [-0.39, 0.29) is 5.56 Å². The van der Waals surface area contributed by atoms with Gasteiger partial charge in [-0.25, -0.2) is 4.39 Å². The van der Waals surface area contributed by atoms with Crippen molar-refractivity contribution >= 4 is 11.6 Å². The molecule has 116 valence electrons. The van der Waals surface area contributed by atoms with Crippen molar-refractivity contribution in [3.63, 3.8) is 0 Å². The number of aromatic nitrogens is 4. The van der Waals surface area contributed by atoms with E-state index < -0.39 is 11.7 Å². The number of nitrogens with one attached hydrogen (secondary N) is 1. The maximum atomic E-state index is 13.7. The Kier molecular flexibility index (Phi) is 3.96. The van der Waals surface area contributed by atoms with E-state index in [9.17, 15) is 9.18 Å². The number of carbonyl (C=O) groups is 1. The first-order valence-electron chi connectivity index (χ1n) is 6.66. The van der Waals surface area contributed by atoms with E-state index in [0.717, 1.165) is 0 Å². The summed E-state index contributed by atoms with van der Waals surface area (Å²) in [5, 5.41) is 13.6. The van der Waals surface area contributed by atoms with E-state index in [2.05, 4.69) is 20.8 Å². The minimum Gasteiger partial charge on any atom is -0.494 e. The normalized spacial score (nSPS) is 10.3. The quantitative estimate of drug-likeness (QED) is 0.797. The van der Waals surface area contributed by atoms with Gasteiger partial charge in [0.05, 0.1) is 12.7 Å². The molecule has 3 rings (SSSR count). The minimum atomic E-state index is -0.584. The van der Waals surface area contributed by atoms with Crippen molar-refractivity contribution in [2.75, 3.05) is 12.4 Å². The predicted molar refractivity (Wildman–Crippen MR) is 80.1 cm³/mol. The Hall–Kier alpha value is -3.29. The molecule has 2 aromatic carbocycles. The Morgan fingerprint density at radius 1 is 1.26 bits per heavy atom. The van der Waals surface area contributed by atoms with Crippen LogP contribution in [-0.2, 0) is 0 Å². The van der Waals surface area contributed by atoms with Crippen molar-refractivity contribution in [3.8, 4) is 11.4 Å². The van der Waals surface area contributed by atoms with Crippen LogP contribution in [0.2, 0.25) is 0 Å². The number of amides is 1. The average molecular weight is 313 g/mol. The molecule has 0 bridgehead atoms. The third kappa shape index (κ3) is 3.00. The van der Waals surface area contributed by atoms with Gasteiger partial charge in [-0.3, -0.25) is 4.79 Å². The number of halogens is 1. The smallest absolute Gasteiger partial charge is 0.258 e. The SMILES string of the molecule is COc1ccc(NC(=O)c2ccccc2F)cc1-n1cnnn1. The highest BCUT2D eigenvalue weighted by molar-refractivity contribution is 6.04. The predicted octanol–water partition coefficient (Wildman–Crippen LogP) is 2.06. The summed E-state index contributed by atoms with van der Waals surface area (Å²) in [4.78, 5) is 12.2. The fraction of sp³-hybridized carbons (Fsp3) is 0.0667. The molecule has 8 heteroatoms. The molecule has 0 aliphatic rings. The number of hydrogen-bond donors (Lipinski definition) is 1. The number of rotatable bonds is 4. The molecular formula is C15H12FN5O2. The molecule has 23 heavy (non-hydrogen) atoms. The summed E-state index contributed by atoms with van der Waals surface area (Å²) in [5.41, 5.74) is 0.973. The highest BCUT2D eigenvalue weighted by Crippen LogP contribution is 2.25. The van der Waals surface area contributed by atoms with Gasteiger partial charge in [0.2, 0.25) is 0 Å². The Morgan fingerprint density at radius 3 is 2.78 bits per heavy atom. The molecule has 1 heterocycles. The Bertz CT molecular complexity index is 836. The second kappa shape index (κ2) is 6.22. The van der Waals surface area contributed by atoms with Crippen molar-refractivity contribution < 1.29 is 13.9 Å². The van der Waals surface area contributed by atoms with Crippen LogP contribution < -0.4 is 10.1 Å². The first kappa shape index (κ1) is 14.6. The van der Waals surface area contributed by atoms with Crippen molar-refractivity contribution in [1.29, 1.82) is 0 Å². The second-order valence-corrected chi connectivity index (χ2v) is 4.57. The first-order valence-corrected chi connectivity index (χ1v) is 6.66. The Labute approximate surface area is 130 Å². The molecule has 0 atom stereocenters. The summed E-state index contributed by atoms with van der Waals surface area (Å²) in [7, 11) is 1.51. The fourth-order valence-corrected chi connectivity index (χ4v) is 2.06. The van der Waals surface area contributed by atoms with E-state index in [1.807, 2.05) is 0 Å². The zero-order valence-electron chi connectivity index (χ0n) is 12.1. The third-order valence-electron chi connectivity index (χ3n) is 3.15. The highest BCUT2D eigenvalue weighted by Gasteiger charge is 2.13. The molecule has 0 unspecified atom stereocenters. The zero-order chi connectivity index (χ0) is 16.2. The molecule has 3 aromatic rings. The topological polar surface area (TPSA) is 81.9 Å². The van der Waals surface area contributed by atoms with Gasteiger partial charge in [0.1, 0.15) is 23.6 Å². The van der Waals surface area contributed by atoms with Gasteiger partial charge in [0.25, 0.3) is 5.91 Å². The molecule has 0 aliphatic heterocycles. The van der Waals surface area contributed by atoms with Crippen LogP contribution in [0.15, 0.2) is 48.8 Å². The van der Waals surface area contributed by atoms with E-state index in [1.54, 1.807) is 24.3 Å². The van der Waals surface area contributed by atoms with Gasteiger partial charge in [0, 0.05) is 5.69 Å². The number of ether oxygens (including phenoxy) is 1. The third-order valence-corrected chi connectivity index (χ3v) is 3.15. The molecule has 0 fully saturated rings. The number of hydrogen-bond acceptors (Lipinski definition) is 5. The van der Waals surface area contributed by atoms with Crippen LogP contribution in [0, 0.1) is 5.82 Å². The van der Waals surface area contributed by atoms with Crippen LogP contribution in [0.4, 0.5) is 10.1 Å². The van der Waals surface area contributed by atoms with Crippen LogP contribution >= 0.6 is 0 Å². The molecule has 0 saturated carbocycles. The first-order chi connectivity index (χ1) is 11.2. The van der Waals surface area contributed by atoms with Crippen molar-refractivity contribution in [3.05, 3.63) is 60.2 Å². The van der Waals surface area contributed by atoms with Gasteiger partial charge in [-0.15, -0.1) is 5.10 Å². The second-order valence-electron chi connectivity index (χ2n) is 4.57. The maximum absolute atomic E-state index is 13.7. The summed E-state index contributed by atoms with van der Waals surface area (Å²) >= 11 is 0. The molecule has 1 aromatic heterocycles. The Morgan fingerprint density at radius 2 is 2.09 bits per heavy atom. The average Bonchev–Trinajstić information content (AvgIpc) is 3.09. The van der Waals surface area contributed by atoms with Crippen molar-refractivity contribution in [1.82, 2.24) is 20.2 Å². The number of tetrazole rings is 1. The number of carbonyl (C=O) groups excluding carboxylic acids is 1. The van der Waals surface area contributed by atoms with Gasteiger partial charge < -0.3 is 10.1 Å². The standard InChI is InChI=1S/C15H12FN5O2/c1-23-14-7-6-10(8-13(14)21-9-17-19-20-21)18-15(22)11-4-2-3-5-12(11)16/h2-9H,1H3,(H,18,22). The Balaban J connectivity index is 1.91. The number of nitrogens with zero attached hydrogens (tertiary/aromatic N) is 4. The summed E-state index contributed by atoms with van der Waals surface area (Å²) in [6, 6.07) is 10.7. The largest absolute Gasteiger partial charge is 0.494 e. The maximum Gasteiger partial charge on any atom is 0.258 e. The van der Waals surface area contributed by atoms with Crippen LogP contribution in [0.5, 0.6) is 5.75 Å². The van der Waals surface area contributed by atoms with Gasteiger partial charge in [-0.05, 0) is 40.8 Å². The van der Waals surface area contributed by atoms with E-state index in [4.69, 9.17) is 4.74 Å². The van der Waals surface area contributed by atoms with Gasteiger partial charge in [0.15, 0.2) is 0 Å². The van der Waals surface area contributed by atoms with Gasteiger partial charge >= 0.3 is 0 Å². The molecular weight excluding hydrogens is 301 g/mol. The van der Waals surface area contributed by atoms with Crippen LogP contribution in [0.1, 0.15) is 10.4 Å². The van der Waals surface area contributed by atoms with E-state index in [0.29, 0.717) is 17.1 Å². The van der Waals surface area contributed by atoms with Crippen LogP contribution in [-0.4, -0.2) is 33.2 Å². The van der Waals surface area contributed by atoms with Crippen molar-refractivity contribution in [2.45, 2.75) is 0 Å². The lowest BCUT2D eigenvalue weighted by atomic mass is 10.2. The molecule has 0 aliphatic carbocycles. The lowest BCUT2D eigenvalue weighted by Crippen LogP contribution is -2.14. The van der Waals surface area contributed by atoms with Crippen LogP contribution in [0.3, 0.4) is 0 Å². The molecule has 7 nitrogen and oxygen atoms in total. The fourth-order valence-electron chi connectivity index (χ4n) is 2.06.